The second-order valence-corrected chi connectivity index (χ2v) is 6.82. The van der Waals surface area contributed by atoms with Crippen LogP contribution in [0.15, 0.2) is 48.5 Å². The summed E-state index contributed by atoms with van der Waals surface area (Å²) in [7, 11) is 0. The van der Waals surface area contributed by atoms with Crippen molar-refractivity contribution in [3.05, 3.63) is 64.2 Å². The Labute approximate surface area is 158 Å². The SMILES string of the molecule is Cc1cccc(N2CCN(CC(O)COc3ccccc3[N+](=O)[O-])CC2)c1. The molecule has 0 saturated carbocycles. The Morgan fingerprint density at radius 3 is 2.59 bits per heavy atom. The molecule has 1 unspecified atom stereocenters. The first kappa shape index (κ1) is 19.1. The Morgan fingerprint density at radius 1 is 1.15 bits per heavy atom. The first-order chi connectivity index (χ1) is 13.0. The van der Waals surface area contributed by atoms with Crippen LogP contribution >= 0.6 is 0 Å². The van der Waals surface area contributed by atoms with E-state index in [2.05, 4.69) is 41.0 Å². The van der Waals surface area contributed by atoms with Crippen LogP contribution in [-0.4, -0.2) is 60.4 Å². The van der Waals surface area contributed by atoms with E-state index in [9.17, 15) is 15.2 Å². The lowest BCUT2D eigenvalue weighted by Crippen LogP contribution is -2.49. The van der Waals surface area contributed by atoms with Gasteiger partial charge in [0.15, 0.2) is 5.75 Å². The van der Waals surface area contributed by atoms with Gasteiger partial charge in [-0.3, -0.25) is 15.0 Å². The highest BCUT2D eigenvalue weighted by Gasteiger charge is 2.21. The van der Waals surface area contributed by atoms with Crippen molar-refractivity contribution in [1.29, 1.82) is 0 Å². The second-order valence-electron chi connectivity index (χ2n) is 6.82. The number of nitro groups is 1. The van der Waals surface area contributed by atoms with Gasteiger partial charge >= 0.3 is 5.69 Å². The third-order valence-electron chi connectivity index (χ3n) is 4.70. The van der Waals surface area contributed by atoms with Crippen molar-refractivity contribution >= 4 is 11.4 Å². The van der Waals surface area contributed by atoms with E-state index < -0.39 is 11.0 Å². The summed E-state index contributed by atoms with van der Waals surface area (Å²) in [4.78, 5) is 15.1. The Hall–Kier alpha value is -2.64. The van der Waals surface area contributed by atoms with Crippen molar-refractivity contribution in [2.75, 3.05) is 44.2 Å². The fourth-order valence-corrected chi connectivity index (χ4v) is 3.28. The molecule has 0 aromatic heterocycles. The molecule has 2 aromatic rings. The molecule has 1 aliphatic heterocycles. The number of hydrogen-bond acceptors (Lipinski definition) is 6. The number of aliphatic hydroxyl groups is 1. The average molecular weight is 371 g/mol. The zero-order valence-corrected chi connectivity index (χ0v) is 15.5. The van der Waals surface area contributed by atoms with Crippen LogP contribution in [0.2, 0.25) is 0 Å². The average Bonchev–Trinajstić information content (AvgIpc) is 2.67. The van der Waals surface area contributed by atoms with Gasteiger partial charge in [0.05, 0.1) is 4.92 Å². The zero-order valence-electron chi connectivity index (χ0n) is 15.5. The maximum atomic E-state index is 11.0. The third kappa shape index (κ3) is 5.18. The summed E-state index contributed by atoms with van der Waals surface area (Å²) in [6, 6.07) is 14.7. The van der Waals surface area contributed by atoms with Crippen molar-refractivity contribution < 1.29 is 14.8 Å². The van der Waals surface area contributed by atoms with E-state index >= 15 is 0 Å². The molecular formula is C20H25N3O4. The molecule has 0 bridgehead atoms. The van der Waals surface area contributed by atoms with Gasteiger partial charge in [0.2, 0.25) is 0 Å². The minimum atomic E-state index is -0.699. The Kier molecular flexibility index (Phi) is 6.26. The highest BCUT2D eigenvalue weighted by atomic mass is 16.6. The Morgan fingerprint density at radius 2 is 1.89 bits per heavy atom. The minimum absolute atomic E-state index is 0.0307. The van der Waals surface area contributed by atoms with E-state index in [0.29, 0.717) is 6.54 Å². The maximum Gasteiger partial charge on any atom is 0.310 e. The van der Waals surface area contributed by atoms with Crippen molar-refractivity contribution in [1.82, 2.24) is 4.90 Å². The first-order valence-corrected chi connectivity index (χ1v) is 9.11. The third-order valence-corrected chi connectivity index (χ3v) is 4.70. The van der Waals surface area contributed by atoms with Gasteiger partial charge in [-0.1, -0.05) is 24.3 Å². The highest BCUT2D eigenvalue weighted by Crippen LogP contribution is 2.26. The van der Waals surface area contributed by atoms with Crippen LogP contribution in [0.4, 0.5) is 11.4 Å². The molecule has 2 aromatic carbocycles. The number of ether oxygens (including phenoxy) is 1. The van der Waals surface area contributed by atoms with Gasteiger partial charge in [-0.15, -0.1) is 0 Å². The van der Waals surface area contributed by atoms with E-state index in [-0.39, 0.29) is 18.0 Å². The van der Waals surface area contributed by atoms with E-state index in [1.54, 1.807) is 18.2 Å². The summed E-state index contributed by atoms with van der Waals surface area (Å²) in [5.74, 6) is 0.186. The second kappa shape index (κ2) is 8.83. The molecular weight excluding hydrogens is 346 g/mol. The number of para-hydroxylation sites is 2. The van der Waals surface area contributed by atoms with Crippen LogP contribution in [0, 0.1) is 17.0 Å². The lowest BCUT2D eigenvalue weighted by Gasteiger charge is -2.37. The Balaban J connectivity index is 1.46. The summed E-state index contributed by atoms with van der Waals surface area (Å²) in [5.41, 5.74) is 2.39. The maximum absolute atomic E-state index is 11.0. The van der Waals surface area contributed by atoms with Gasteiger partial charge in [0, 0.05) is 44.5 Å². The predicted molar refractivity (Wildman–Crippen MR) is 104 cm³/mol. The van der Waals surface area contributed by atoms with Gasteiger partial charge in [-0.2, -0.15) is 0 Å². The molecule has 3 rings (SSSR count). The topological polar surface area (TPSA) is 79.1 Å². The number of nitro benzene ring substituents is 1. The molecule has 0 amide bonds. The van der Waals surface area contributed by atoms with Gasteiger partial charge in [0.1, 0.15) is 12.7 Å². The molecule has 1 N–H and O–H groups in total. The number of aliphatic hydroxyl groups excluding tert-OH is 1. The molecule has 0 spiro atoms. The van der Waals surface area contributed by atoms with E-state index in [1.165, 1.54) is 17.3 Å². The van der Waals surface area contributed by atoms with Crippen LogP contribution in [0.3, 0.4) is 0 Å². The number of nitrogens with zero attached hydrogens (tertiary/aromatic N) is 3. The van der Waals surface area contributed by atoms with Crippen LogP contribution in [0.25, 0.3) is 0 Å². The van der Waals surface area contributed by atoms with Gasteiger partial charge in [-0.05, 0) is 30.7 Å². The molecule has 27 heavy (non-hydrogen) atoms. The smallest absolute Gasteiger partial charge is 0.310 e. The van der Waals surface area contributed by atoms with Gasteiger partial charge in [0.25, 0.3) is 0 Å². The molecule has 0 aliphatic carbocycles. The van der Waals surface area contributed by atoms with Crippen molar-refractivity contribution in [3.63, 3.8) is 0 Å². The number of piperazine rings is 1. The molecule has 1 fully saturated rings. The summed E-state index contributed by atoms with van der Waals surface area (Å²) < 4.78 is 5.48. The quantitative estimate of drug-likeness (QED) is 0.595. The molecule has 1 atom stereocenters. The van der Waals surface area contributed by atoms with E-state index in [0.717, 1.165) is 26.2 Å². The normalized spacial score (nSPS) is 16.1. The van der Waals surface area contributed by atoms with Crippen molar-refractivity contribution in [3.8, 4) is 5.75 Å². The lowest BCUT2D eigenvalue weighted by molar-refractivity contribution is -0.385. The van der Waals surface area contributed by atoms with Crippen molar-refractivity contribution in [2.45, 2.75) is 13.0 Å². The van der Waals surface area contributed by atoms with Crippen LogP contribution in [0.5, 0.6) is 5.75 Å². The van der Waals surface area contributed by atoms with Crippen molar-refractivity contribution in [2.24, 2.45) is 0 Å². The largest absolute Gasteiger partial charge is 0.484 e. The predicted octanol–water partition coefficient (Wildman–Crippen LogP) is 2.47. The number of anilines is 1. The standard InChI is InChI=1S/C20H25N3O4/c1-16-5-4-6-17(13-16)22-11-9-21(10-12-22)14-18(24)15-27-20-8-3-2-7-19(20)23(25)26/h2-8,13,18,24H,9-12,14-15H2,1H3. The summed E-state index contributed by atoms with van der Waals surface area (Å²) in [5, 5.41) is 21.3. The van der Waals surface area contributed by atoms with Gasteiger partial charge < -0.3 is 14.7 Å². The fraction of sp³-hybridized carbons (Fsp3) is 0.400. The summed E-state index contributed by atoms with van der Waals surface area (Å²) >= 11 is 0. The fourth-order valence-electron chi connectivity index (χ4n) is 3.28. The summed E-state index contributed by atoms with van der Waals surface area (Å²) in [6.45, 7) is 6.13. The first-order valence-electron chi connectivity index (χ1n) is 9.11. The molecule has 1 heterocycles. The monoisotopic (exact) mass is 371 g/mol. The molecule has 7 heteroatoms. The molecule has 1 saturated heterocycles. The molecule has 0 radical (unpaired) electrons. The highest BCUT2D eigenvalue weighted by molar-refractivity contribution is 5.49. The number of aryl methyl sites for hydroxylation is 1. The van der Waals surface area contributed by atoms with E-state index in [4.69, 9.17) is 4.74 Å². The Bertz CT molecular complexity index is 775. The molecule has 7 nitrogen and oxygen atoms in total. The van der Waals surface area contributed by atoms with Gasteiger partial charge in [-0.25, -0.2) is 0 Å². The zero-order chi connectivity index (χ0) is 19.2. The number of benzene rings is 2. The molecule has 144 valence electrons. The number of β-amino-alcohol motifs (C(OH)–C–C–N with tert-alkyl or cyclic N) is 1. The number of hydrogen-bond donors (Lipinski definition) is 1. The lowest BCUT2D eigenvalue weighted by atomic mass is 10.2. The van der Waals surface area contributed by atoms with Crippen LogP contribution < -0.4 is 9.64 Å². The van der Waals surface area contributed by atoms with E-state index in [1.807, 2.05) is 0 Å². The van der Waals surface area contributed by atoms with Crippen LogP contribution in [-0.2, 0) is 0 Å². The molecule has 1 aliphatic rings. The summed E-state index contributed by atoms with van der Waals surface area (Å²) in [6.07, 6.45) is -0.699. The number of rotatable bonds is 7. The van der Waals surface area contributed by atoms with Crippen LogP contribution in [0.1, 0.15) is 5.56 Å². The minimum Gasteiger partial charge on any atom is -0.484 e.